The molecule has 5 rings (SSSR count). The van der Waals surface area contributed by atoms with Gasteiger partial charge >= 0.3 is 18.4 Å². The highest BCUT2D eigenvalue weighted by atomic mass is 32.1. The summed E-state index contributed by atoms with van der Waals surface area (Å²) in [7, 11) is 1.75. The van der Waals surface area contributed by atoms with Gasteiger partial charge in [0.25, 0.3) is 0 Å². The van der Waals surface area contributed by atoms with E-state index in [9.17, 15) is 27.9 Å². The number of hydrogen-bond acceptors (Lipinski definition) is 10. The molecule has 4 aromatic rings. The molecule has 3 heterocycles. The van der Waals surface area contributed by atoms with Gasteiger partial charge in [-0.2, -0.15) is 18.3 Å². The van der Waals surface area contributed by atoms with E-state index in [-0.39, 0.29) is 33.9 Å². The summed E-state index contributed by atoms with van der Waals surface area (Å²) in [6.07, 6.45) is -3.97. The molecule has 0 bridgehead atoms. The Balaban J connectivity index is 1.32. The zero-order chi connectivity index (χ0) is 36.1. The standard InChI is InChI=1S/C34H40F3N7O5S/c1-33(2,3)49-32(47)42-29-26(41-28(50-29)23-14-8-9-15-24(23)34(35,36)37)27(45)40-25-19-38-43(4)30(25)44-17-10-13-22(16-18-44)39-31(46)48-20-21-11-6-5-7-12-21/h5-9,11-12,14-15,19,22,27,40,45H,10,13,16-18,20H2,1-4H3,(H,39,46)(H,42,47)/t22-,27?/m1/s1. The first-order chi connectivity index (χ1) is 23.7. The van der Waals surface area contributed by atoms with Gasteiger partial charge in [0.15, 0.2) is 6.23 Å². The van der Waals surface area contributed by atoms with Crippen LogP contribution in [0.3, 0.4) is 0 Å². The number of amides is 2. The predicted molar refractivity (Wildman–Crippen MR) is 184 cm³/mol. The van der Waals surface area contributed by atoms with Crippen molar-refractivity contribution in [1.29, 1.82) is 0 Å². The van der Waals surface area contributed by atoms with Crippen LogP contribution in [0.4, 0.5) is 39.3 Å². The quantitative estimate of drug-likeness (QED) is 0.131. The van der Waals surface area contributed by atoms with E-state index in [0.29, 0.717) is 31.0 Å². The summed E-state index contributed by atoms with van der Waals surface area (Å²) < 4.78 is 54.1. The van der Waals surface area contributed by atoms with Gasteiger partial charge in [0.2, 0.25) is 0 Å². The van der Waals surface area contributed by atoms with E-state index in [1.807, 2.05) is 30.3 Å². The zero-order valence-corrected chi connectivity index (χ0v) is 28.9. The van der Waals surface area contributed by atoms with Gasteiger partial charge in [-0.15, -0.1) is 0 Å². The second-order valence-electron chi connectivity index (χ2n) is 12.8. The number of aliphatic hydroxyl groups excluding tert-OH is 1. The molecule has 12 nitrogen and oxygen atoms in total. The highest BCUT2D eigenvalue weighted by Gasteiger charge is 2.35. The van der Waals surface area contributed by atoms with Crippen LogP contribution in [-0.4, -0.2) is 56.8 Å². The largest absolute Gasteiger partial charge is 0.445 e. The van der Waals surface area contributed by atoms with Crippen LogP contribution in [0.2, 0.25) is 0 Å². The monoisotopic (exact) mass is 715 g/mol. The molecule has 50 heavy (non-hydrogen) atoms. The molecule has 4 N–H and O–H groups in total. The summed E-state index contributed by atoms with van der Waals surface area (Å²) in [5, 5.41) is 24.3. The molecular formula is C34H40F3N7O5S. The lowest BCUT2D eigenvalue weighted by molar-refractivity contribution is -0.137. The molecule has 2 atom stereocenters. The summed E-state index contributed by atoms with van der Waals surface area (Å²) in [4.78, 5) is 31.7. The molecule has 2 aromatic carbocycles. The number of rotatable bonds is 9. The van der Waals surface area contributed by atoms with E-state index in [2.05, 4.69) is 30.9 Å². The summed E-state index contributed by atoms with van der Waals surface area (Å²) in [5.74, 6) is 0.649. The van der Waals surface area contributed by atoms with E-state index < -0.39 is 35.8 Å². The van der Waals surface area contributed by atoms with Crippen molar-refractivity contribution >= 4 is 40.0 Å². The second kappa shape index (κ2) is 15.4. The number of thiazole rings is 1. The number of anilines is 3. The van der Waals surface area contributed by atoms with E-state index in [1.54, 1.807) is 32.5 Å². The van der Waals surface area contributed by atoms with Gasteiger partial charge in [-0.25, -0.2) is 14.6 Å². The maximum absolute atomic E-state index is 13.9. The van der Waals surface area contributed by atoms with Gasteiger partial charge in [-0.05, 0) is 51.7 Å². The fourth-order valence-electron chi connectivity index (χ4n) is 5.54. The predicted octanol–water partition coefficient (Wildman–Crippen LogP) is 7.30. The number of alkyl carbamates (subject to hydrolysis) is 1. The molecule has 1 aliphatic heterocycles. The normalized spacial score (nSPS) is 15.9. The average Bonchev–Trinajstić information content (AvgIpc) is 3.55. The third kappa shape index (κ3) is 9.44. The third-order valence-corrected chi connectivity index (χ3v) is 8.77. The highest BCUT2D eigenvalue weighted by molar-refractivity contribution is 7.19. The Morgan fingerprint density at radius 1 is 1.04 bits per heavy atom. The molecular weight excluding hydrogens is 675 g/mol. The minimum atomic E-state index is -4.66. The number of halogens is 3. The minimum absolute atomic E-state index is 0.0134. The number of aliphatic hydroxyl groups is 1. The van der Waals surface area contributed by atoms with Gasteiger partial charge in [0.1, 0.15) is 33.7 Å². The van der Waals surface area contributed by atoms with Crippen LogP contribution in [0, 0.1) is 0 Å². The number of ether oxygens (including phenoxy) is 2. The van der Waals surface area contributed by atoms with Crippen molar-refractivity contribution in [2.24, 2.45) is 7.05 Å². The van der Waals surface area contributed by atoms with E-state index in [4.69, 9.17) is 9.47 Å². The Labute approximate surface area is 291 Å². The molecule has 16 heteroatoms. The van der Waals surface area contributed by atoms with Crippen LogP contribution in [-0.2, 0) is 29.3 Å². The maximum atomic E-state index is 13.9. The summed E-state index contributed by atoms with van der Waals surface area (Å²) >= 11 is 0.784. The van der Waals surface area contributed by atoms with Crippen molar-refractivity contribution in [2.45, 2.75) is 70.7 Å². The number of aromatic nitrogens is 3. The SMILES string of the molecule is Cn1ncc(NC(O)c2nc(-c3ccccc3C(F)(F)F)sc2NC(=O)OC(C)(C)C)c1N1CCC[C@@H](NC(=O)OCc2ccccc2)CC1. The fraction of sp³-hybridized carbons (Fsp3) is 0.412. The maximum Gasteiger partial charge on any atom is 0.417 e. The molecule has 1 aliphatic rings. The topological polar surface area (TPSA) is 143 Å². The van der Waals surface area contributed by atoms with Crippen LogP contribution in [0.25, 0.3) is 10.6 Å². The molecule has 0 aliphatic carbocycles. The number of carbonyl (C=O) groups is 2. The van der Waals surface area contributed by atoms with E-state index in [0.717, 1.165) is 35.8 Å². The Morgan fingerprint density at radius 2 is 1.76 bits per heavy atom. The number of alkyl halides is 3. The molecule has 268 valence electrons. The zero-order valence-electron chi connectivity index (χ0n) is 28.1. The first kappa shape index (κ1) is 36.5. The van der Waals surface area contributed by atoms with Crippen molar-refractivity contribution < 1.29 is 37.3 Å². The van der Waals surface area contributed by atoms with Crippen molar-refractivity contribution in [3.8, 4) is 10.6 Å². The molecule has 1 unspecified atom stereocenters. The Morgan fingerprint density at radius 3 is 2.48 bits per heavy atom. The van der Waals surface area contributed by atoms with Gasteiger partial charge in [0, 0.05) is 31.7 Å². The Bertz CT molecular complexity index is 1770. The summed E-state index contributed by atoms with van der Waals surface area (Å²) in [6.45, 7) is 6.36. The Kier molecular flexibility index (Phi) is 11.2. The molecule has 0 spiro atoms. The number of hydrogen-bond donors (Lipinski definition) is 4. The van der Waals surface area contributed by atoms with Gasteiger partial charge in [-0.1, -0.05) is 59.9 Å². The molecule has 1 saturated heterocycles. The second-order valence-corrected chi connectivity index (χ2v) is 13.8. The van der Waals surface area contributed by atoms with Crippen LogP contribution in [0.5, 0.6) is 0 Å². The van der Waals surface area contributed by atoms with E-state index >= 15 is 0 Å². The van der Waals surface area contributed by atoms with Gasteiger partial charge in [-0.3, -0.25) is 10.00 Å². The van der Waals surface area contributed by atoms with Crippen LogP contribution in [0.15, 0.2) is 60.8 Å². The van der Waals surface area contributed by atoms with E-state index in [1.165, 1.54) is 24.4 Å². The first-order valence-corrected chi connectivity index (χ1v) is 16.9. The van der Waals surface area contributed by atoms with Crippen molar-refractivity contribution in [2.75, 3.05) is 28.6 Å². The average molecular weight is 716 g/mol. The van der Waals surface area contributed by atoms with Gasteiger partial charge in [0.05, 0.1) is 17.4 Å². The van der Waals surface area contributed by atoms with Crippen LogP contribution in [0.1, 0.15) is 63.1 Å². The smallest absolute Gasteiger partial charge is 0.417 e. The minimum Gasteiger partial charge on any atom is -0.445 e. The lowest BCUT2D eigenvalue weighted by Crippen LogP contribution is -2.36. The number of nitrogens with zero attached hydrogens (tertiary/aromatic N) is 4. The van der Waals surface area contributed by atoms with Crippen LogP contribution >= 0.6 is 11.3 Å². The van der Waals surface area contributed by atoms with Crippen LogP contribution < -0.4 is 20.9 Å². The van der Waals surface area contributed by atoms with Crippen molar-refractivity contribution in [3.05, 3.63) is 77.6 Å². The molecule has 2 amide bonds. The van der Waals surface area contributed by atoms with Gasteiger partial charge < -0.3 is 30.1 Å². The first-order valence-electron chi connectivity index (χ1n) is 16.0. The number of aryl methyl sites for hydroxylation is 1. The molecule has 1 fully saturated rings. The van der Waals surface area contributed by atoms with Crippen molar-refractivity contribution in [1.82, 2.24) is 20.1 Å². The van der Waals surface area contributed by atoms with Crippen molar-refractivity contribution in [3.63, 3.8) is 0 Å². The molecule has 0 radical (unpaired) electrons. The molecule has 2 aromatic heterocycles. The lowest BCUT2D eigenvalue weighted by atomic mass is 10.1. The fourth-order valence-corrected chi connectivity index (χ4v) is 6.56. The number of carbonyl (C=O) groups excluding carboxylic acids is 2. The lowest BCUT2D eigenvalue weighted by Gasteiger charge is -2.25. The Hall–Kier alpha value is -4.83. The highest BCUT2D eigenvalue weighted by Crippen LogP contribution is 2.42. The number of nitrogens with one attached hydrogen (secondary N) is 3. The molecule has 0 saturated carbocycles. The summed E-state index contributed by atoms with van der Waals surface area (Å²) in [6, 6.07) is 14.3. The third-order valence-electron chi connectivity index (χ3n) is 7.75. The summed E-state index contributed by atoms with van der Waals surface area (Å²) in [5.41, 5.74) is -0.736. The number of benzene rings is 2.